The van der Waals surface area contributed by atoms with Crippen LogP contribution in [0.2, 0.25) is 0 Å². The number of hydrogen-bond donors (Lipinski definition) is 1. The van der Waals surface area contributed by atoms with Crippen LogP contribution in [0.3, 0.4) is 0 Å². The smallest absolute Gasteiger partial charge is 0.435 e. The number of benzene rings is 1. The number of amides is 1. The first-order chi connectivity index (χ1) is 11.3. The van der Waals surface area contributed by atoms with Gasteiger partial charge in [0, 0.05) is 6.20 Å². The highest BCUT2D eigenvalue weighted by Crippen LogP contribution is 2.27. The van der Waals surface area contributed by atoms with Crippen molar-refractivity contribution in [2.45, 2.75) is 19.6 Å². The molecule has 24 heavy (non-hydrogen) atoms. The molecule has 1 heterocycles. The number of rotatable bonds is 5. The van der Waals surface area contributed by atoms with Crippen molar-refractivity contribution in [3.8, 4) is 5.75 Å². The van der Waals surface area contributed by atoms with Crippen LogP contribution in [0, 0.1) is 0 Å². The zero-order valence-electron chi connectivity index (χ0n) is 13.0. The Balaban J connectivity index is 1.95. The van der Waals surface area contributed by atoms with Crippen LogP contribution in [0.25, 0.3) is 0 Å². The third-order valence-corrected chi connectivity index (χ3v) is 3.09. The highest BCUT2D eigenvalue weighted by Gasteiger charge is 2.33. The topological polar surface area (TPSA) is 68.5 Å². The quantitative estimate of drug-likeness (QED) is 0.671. The van der Waals surface area contributed by atoms with Gasteiger partial charge < -0.3 is 4.74 Å². The van der Waals surface area contributed by atoms with Gasteiger partial charge in [-0.2, -0.15) is 23.4 Å². The first kappa shape index (κ1) is 17.5. The van der Waals surface area contributed by atoms with Gasteiger partial charge in [-0.3, -0.25) is 9.48 Å². The molecule has 1 amide bonds. The van der Waals surface area contributed by atoms with Gasteiger partial charge in [0.05, 0.1) is 12.8 Å². The van der Waals surface area contributed by atoms with Crippen molar-refractivity contribution < 1.29 is 22.7 Å². The van der Waals surface area contributed by atoms with Crippen molar-refractivity contribution in [2.75, 3.05) is 7.11 Å². The number of ether oxygens (including phenoxy) is 1. The van der Waals surface area contributed by atoms with Crippen molar-refractivity contribution in [1.82, 2.24) is 15.2 Å². The number of methoxy groups -OCH3 is 1. The molecule has 1 N–H and O–H groups in total. The molecule has 2 aromatic rings. The lowest BCUT2D eigenvalue weighted by molar-refractivity contribution is -0.141. The van der Waals surface area contributed by atoms with Crippen LogP contribution in [0.15, 0.2) is 41.6 Å². The number of nitrogens with zero attached hydrogens (tertiary/aromatic N) is 3. The van der Waals surface area contributed by atoms with Crippen molar-refractivity contribution in [3.05, 3.63) is 47.8 Å². The first-order valence-corrected chi connectivity index (χ1v) is 6.88. The van der Waals surface area contributed by atoms with E-state index in [1.165, 1.54) is 0 Å². The summed E-state index contributed by atoms with van der Waals surface area (Å²) in [6.45, 7) is 1.33. The van der Waals surface area contributed by atoms with E-state index in [0.717, 1.165) is 22.5 Å². The average molecular weight is 340 g/mol. The van der Waals surface area contributed by atoms with E-state index in [4.69, 9.17) is 4.74 Å². The van der Waals surface area contributed by atoms with Crippen LogP contribution in [0.5, 0.6) is 5.75 Å². The number of hydrogen-bond acceptors (Lipinski definition) is 4. The normalized spacial score (nSPS) is 12.1. The molecule has 0 radical (unpaired) electrons. The standard InChI is InChI=1S/C15H15F3N4O2/c1-10(11-3-5-12(24-2)6-4-11)19-20-14(23)9-22-8-7-13(21-22)15(16,17)18/h3-8H,9H2,1-2H3,(H,20,23). The Morgan fingerprint density at radius 3 is 2.50 bits per heavy atom. The summed E-state index contributed by atoms with van der Waals surface area (Å²) in [7, 11) is 1.55. The minimum atomic E-state index is -4.54. The van der Waals surface area contributed by atoms with Gasteiger partial charge in [0.15, 0.2) is 5.69 Å². The summed E-state index contributed by atoms with van der Waals surface area (Å²) >= 11 is 0. The Morgan fingerprint density at radius 1 is 1.29 bits per heavy atom. The number of hydrazone groups is 1. The number of carbonyl (C=O) groups is 1. The number of carbonyl (C=O) groups excluding carboxylic acids is 1. The SMILES string of the molecule is COc1ccc(C(C)=NNC(=O)Cn2ccc(C(F)(F)F)n2)cc1. The van der Waals surface area contributed by atoms with Gasteiger partial charge in [-0.25, -0.2) is 5.43 Å². The molecule has 0 aliphatic carbocycles. The summed E-state index contributed by atoms with van der Waals surface area (Å²) < 4.78 is 43.2. The number of aromatic nitrogens is 2. The Labute approximate surface area is 135 Å². The van der Waals surface area contributed by atoms with E-state index in [0.29, 0.717) is 11.5 Å². The molecule has 0 fully saturated rings. The van der Waals surface area contributed by atoms with Crippen LogP contribution < -0.4 is 10.2 Å². The summed E-state index contributed by atoms with van der Waals surface area (Å²) in [6, 6.07) is 7.84. The average Bonchev–Trinajstić information content (AvgIpc) is 3.01. The molecule has 128 valence electrons. The third-order valence-electron chi connectivity index (χ3n) is 3.09. The highest BCUT2D eigenvalue weighted by molar-refractivity contribution is 5.99. The van der Waals surface area contributed by atoms with Crippen molar-refractivity contribution in [3.63, 3.8) is 0 Å². The molecule has 1 aromatic heterocycles. The number of alkyl halides is 3. The van der Waals surface area contributed by atoms with E-state index >= 15 is 0 Å². The first-order valence-electron chi connectivity index (χ1n) is 6.88. The Hall–Kier alpha value is -2.84. The zero-order chi connectivity index (χ0) is 17.7. The molecule has 0 saturated carbocycles. The van der Waals surface area contributed by atoms with E-state index in [9.17, 15) is 18.0 Å². The second kappa shape index (κ2) is 7.16. The molecular formula is C15H15F3N4O2. The fraction of sp³-hybridized carbons (Fsp3) is 0.267. The third kappa shape index (κ3) is 4.58. The monoisotopic (exact) mass is 340 g/mol. The van der Waals surface area contributed by atoms with E-state index < -0.39 is 17.8 Å². The van der Waals surface area contributed by atoms with E-state index in [1.807, 2.05) is 0 Å². The second-order valence-corrected chi connectivity index (χ2v) is 4.86. The minimum Gasteiger partial charge on any atom is -0.497 e. The predicted octanol–water partition coefficient (Wildman–Crippen LogP) is 2.45. The summed E-state index contributed by atoms with van der Waals surface area (Å²) in [5.41, 5.74) is 2.55. The molecule has 2 rings (SSSR count). The maximum atomic E-state index is 12.4. The Morgan fingerprint density at radius 2 is 1.96 bits per heavy atom. The van der Waals surface area contributed by atoms with Gasteiger partial charge in [0.1, 0.15) is 12.3 Å². The Bertz CT molecular complexity index is 736. The molecule has 6 nitrogen and oxygen atoms in total. The van der Waals surface area contributed by atoms with E-state index in [2.05, 4.69) is 15.6 Å². The number of halogens is 3. The molecule has 0 atom stereocenters. The maximum Gasteiger partial charge on any atom is 0.435 e. The molecule has 9 heteroatoms. The maximum absolute atomic E-state index is 12.4. The second-order valence-electron chi connectivity index (χ2n) is 4.86. The summed E-state index contributed by atoms with van der Waals surface area (Å²) in [6.07, 6.45) is -3.45. The van der Waals surface area contributed by atoms with Gasteiger partial charge in [0.25, 0.3) is 5.91 Å². The summed E-state index contributed by atoms with van der Waals surface area (Å²) in [5.74, 6) is 0.106. The van der Waals surface area contributed by atoms with E-state index in [-0.39, 0.29) is 6.54 Å². The van der Waals surface area contributed by atoms with Gasteiger partial charge in [-0.05, 0) is 42.8 Å². The molecule has 0 spiro atoms. The molecular weight excluding hydrogens is 325 g/mol. The minimum absolute atomic E-state index is 0.366. The van der Waals surface area contributed by atoms with Crippen LogP contribution in [-0.2, 0) is 17.5 Å². The van der Waals surface area contributed by atoms with Gasteiger partial charge in [-0.1, -0.05) is 0 Å². The molecule has 0 unspecified atom stereocenters. The fourth-order valence-electron chi connectivity index (χ4n) is 1.83. The number of nitrogens with one attached hydrogen (secondary N) is 1. The van der Waals surface area contributed by atoms with Gasteiger partial charge >= 0.3 is 6.18 Å². The van der Waals surface area contributed by atoms with Crippen LogP contribution >= 0.6 is 0 Å². The van der Waals surface area contributed by atoms with Crippen molar-refractivity contribution in [1.29, 1.82) is 0 Å². The molecule has 0 saturated heterocycles. The summed E-state index contributed by atoms with van der Waals surface area (Å²) in [5, 5.41) is 7.21. The Kier molecular flexibility index (Phi) is 5.22. The zero-order valence-corrected chi connectivity index (χ0v) is 13.0. The molecule has 0 aliphatic heterocycles. The molecule has 0 aliphatic rings. The van der Waals surface area contributed by atoms with Crippen molar-refractivity contribution in [2.24, 2.45) is 5.10 Å². The fourth-order valence-corrected chi connectivity index (χ4v) is 1.83. The lowest BCUT2D eigenvalue weighted by Crippen LogP contribution is -2.24. The predicted molar refractivity (Wildman–Crippen MR) is 80.6 cm³/mol. The van der Waals surface area contributed by atoms with Crippen molar-refractivity contribution >= 4 is 11.6 Å². The summed E-state index contributed by atoms with van der Waals surface area (Å²) in [4.78, 5) is 11.7. The highest BCUT2D eigenvalue weighted by atomic mass is 19.4. The molecule has 1 aromatic carbocycles. The lowest BCUT2D eigenvalue weighted by Gasteiger charge is -2.05. The van der Waals surface area contributed by atoms with Gasteiger partial charge in [-0.15, -0.1) is 0 Å². The van der Waals surface area contributed by atoms with Gasteiger partial charge in [0.2, 0.25) is 0 Å². The van der Waals surface area contributed by atoms with Crippen LogP contribution in [0.4, 0.5) is 13.2 Å². The molecule has 0 bridgehead atoms. The van der Waals surface area contributed by atoms with Crippen LogP contribution in [-0.4, -0.2) is 28.5 Å². The van der Waals surface area contributed by atoms with E-state index in [1.54, 1.807) is 38.3 Å². The largest absolute Gasteiger partial charge is 0.497 e. The lowest BCUT2D eigenvalue weighted by atomic mass is 10.1. The van der Waals surface area contributed by atoms with Crippen LogP contribution in [0.1, 0.15) is 18.2 Å².